The number of Topliss-reactive ketones (excluding diaryl/α,β-unsaturated/α-hetero) is 1. The first-order valence-electron chi connectivity index (χ1n) is 23.8. The molecule has 4 aromatic heterocycles. The number of carboxylic acid groups (broad SMARTS) is 2. The van der Waals surface area contributed by atoms with Gasteiger partial charge in [-0.2, -0.15) is 0 Å². The Morgan fingerprint density at radius 3 is 1.22 bits per heavy atom. The topological polar surface area (TPSA) is 192 Å². The van der Waals surface area contributed by atoms with Crippen LogP contribution in [0, 0.1) is 39.9 Å². The summed E-state index contributed by atoms with van der Waals surface area (Å²) >= 11 is 0. The Hall–Kier alpha value is -4.24. The van der Waals surface area contributed by atoms with E-state index in [4.69, 9.17) is 0 Å². The third-order valence-corrected chi connectivity index (χ3v) is 12.0. The minimum atomic E-state index is -0.932. The van der Waals surface area contributed by atoms with Gasteiger partial charge in [0.2, 0.25) is 5.91 Å². The number of hydrogen-bond donors (Lipinski definition) is 3. The smallest absolute Gasteiger partial charge is 0.480 e. The fourth-order valence-corrected chi connectivity index (χ4v) is 8.13. The number of ketones is 1. The van der Waals surface area contributed by atoms with Crippen LogP contribution in [0.25, 0.3) is 0 Å². The van der Waals surface area contributed by atoms with Crippen molar-refractivity contribution in [3.8, 4) is 0 Å². The average Bonchev–Trinajstić information content (AvgIpc) is 3.33. The summed E-state index contributed by atoms with van der Waals surface area (Å²) in [6.07, 6.45) is 11.8. The Labute approximate surface area is 434 Å². The number of hydrogen-bond acceptors (Lipinski definition) is 14. The van der Waals surface area contributed by atoms with Crippen LogP contribution >= 0.6 is 0 Å². The molecule has 0 bridgehead atoms. The molecule has 1 aliphatic heterocycles. The van der Waals surface area contributed by atoms with Gasteiger partial charge in [0.15, 0.2) is 0 Å². The SMILES string of the molecule is O=C(O)CN1CCN(CCC(=O)NCCN(CCc2ccccn2)CCc2ccccn2)CCN(CC(=O)O)CCN(CC(=O)CCCN(CCc2ccccn2)CCc2ccccn2)CC1.[Gd+3]. The van der Waals surface area contributed by atoms with Gasteiger partial charge in [-0.05, 0) is 61.5 Å². The molecule has 1 saturated heterocycles. The molecule has 0 saturated carbocycles. The number of pyridine rings is 4. The number of nitrogens with zero attached hydrogens (tertiary/aromatic N) is 10. The van der Waals surface area contributed by atoms with Crippen molar-refractivity contribution in [2.24, 2.45) is 0 Å². The fourth-order valence-electron chi connectivity index (χ4n) is 8.13. The van der Waals surface area contributed by atoms with Crippen molar-refractivity contribution in [1.82, 2.24) is 54.7 Å². The first kappa shape index (κ1) is 56.4. The number of carbonyl (C=O) groups excluding carboxylic acids is 2. The molecule has 17 nitrogen and oxygen atoms in total. The van der Waals surface area contributed by atoms with Gasteiger partial charge in [-0.3, -0.25) is 53.8 Å². The standard InChI is InChI=1S/C50H71N11O6.Gd/c62-47(14-9-25-56(26-15-43-10-1-5-20-51-43)27-16-44-11-2-6-21-52-44)40-59-36-38-60(41-49(64)65)34-32-58(33-35-61(39-37-59)42-50(66)67)30-19-48(63)55-24-31-57(28-17-45-12-3-7-22-53-45)29-18-46-13-4-8-23-54-46;/h1-8,10-13,20-23H,9,14-19,24-42H2,(H,55,63)(H,64,65)(H,66,67);/q;+3. The van der Waals surface area contributed by atoms with Gasteiger partial charge in [0.1, 0.15) is 5.78 Å². The van der Waals surface area contributed by atoms with Gasteiger partial charge in [-0.15, -0.1) is 0 Å². The van der Waals surface area contributed by atoms with E-state index in [-0.39, 0.29) is 77.7 Å². The van der Waals surface area contributed by atoms with Crippen LogP contribution in [0.3, 0.4) is 0 Å². The molecule has 0 aliphatic carbocycles. The zero-order chi connectivity index (χ0) is 47.3. The summed E-state index contributed by atoms with van der Waals surface area (Å²) in [7, 11) is 0. The molecule has 0 aromatic carbocycles. The van der Waals surface area contributed by atoms with E-state index >= 15 is 0 Å². The quantitative estimate of drug-likeness (QED) is 0.0751. The largest absolute Gasteiger partial charge is 3.00 e. The first-order valence-corrected chi connectivity index (χ1v) is 23.8. The molecule has 3 N–H and O–H groups in total. The molecule has 1 amide bonds. The van der Waals surface area contributed by atoms with Crippen molar-refractivity contribution >= 4 is 23.6 Å². The average molecular weight is 1080 g/mol. The van der Waals surface area contributed by atoms with Gasteiger partial charge >= 0.3 is 51.9 Å². The van der Waals surface area contributed by atoms with Crippen LogP contribution in [-0.4, -0.2) is 208 Å². The Morgan fingerprint density at radius 2 is 0.853 bits per heavy atom. The second kappa shape index (κ2) is 33.3. The number of rotatable bonds is 28. The van der Waals surface area contributed by atoms with Crippen LogP contribution < -0.4 is 5.32 Å². The second-order valence-electron chi connectivity index (χ2n) is 17.2. The predicted molar refractivity (Wildman–Crippen MR) is 258 cm³/mol. The molecule has 1 fully saturated rings. The van der Waals surface area contributed by atoms with E-state index in [0.717, 1.165) is 81.2 Å². The fraction of sp³-hybridized carbons (Fsp3) is 0.520. The minimum Gasteiger partial charge on any atom is -0.480 e. The molecule has 367 valence electrons. The molecular formula is C50H71GdN11O6+3. The summed E-state index contributed by atoms with van der Waals surface area (Å²) in [5, 5.41) is 22.7. The van der Waals surface area contributed by atoms with Gasteiger partial charge in [-0.25, -0.2) is 0 Å². The van der Waals surface area contributed by atoms with Gasteiger partial charge < -0.3 is 30.2 Å². The van der Waals surface area contributed by atoms with E-state index in [9.17, 15) is 29.4 Å². The molecule has 18 heteroatoms. The maximum absolute atomic E-state index is 13.5. The molecule has 68 heavy (non-hydrogen) atoms. The van der Waals surface area contributed by atoms with Crippen molar-refractivity contribution in [3.63, 3.8) is 0 Å². The Morgan fingerprint density at radius 1 is 0.485 bits per heavy atom. The molecule has 1 aliphatic rings. The summed E-state index contributed by atoms with van der Waals surface area (Å²) in [5.41, 5.74) is 4.08. The summed E-state index contributed by atoms with van der Waals surface area (Å²) < 4.78 is 0. The predicted octanol–water partition coefficient (Wildman–Crippen LogP) is 2.39. The van der Waals surface area contributed by atoms with Crippen molar-refractivity contribution < 1.29 is 69.3 Å². The number of amides is 1. The van der Waals surface area contributed by atoms with Crippen molar-refractivity contribution in [1.29, 1.82) is 0 Å². The van der Waals surface area contributed by atoms with E-state index in [2.05, 4.69) is 40.0 Å². The Kier molecular flexibility index (Phi) is 27.6. The number of aliphatic carboxylic acids is 2. The van der Waals surface area contributed by atoms with Gasteiger partial charge in [0.25, 0.3) is 0 Å². The monoisotopic (exact) mass is 1080 g/mol. The zero-order valence-electron chi connectivity index (χ0n) is 39.5. The van der Waals surface area contributed by atoms with Crippen molar-refractivity contribution in [3.05, 3.63) is 120 Å². The summed E-state index contributed by atoms with van der Waals surface area (Å²) in [6.45, 7) is 9.17. The molecule has 4 aromatic rings. The Bertz CT molecular complexity index is 1890. The molecule has 1 radical (unpaired) electrons. The molecular weight excluding hydrogens is 1010 g/mol. The first-order chi connectivity index (χ1) is 32.7. The van der Waals surface area contributed by atoms with Crippen LogP contribution in [0.4, 0.5) is 0 Å². The third-order valence-electron chi connectivity index (χ3n) is 12.0. The third kappa shape index (κ3) is 24.4. The van der Waals surface area contributed by atoms with E-state index < -0.39 is 11.9 Å². The molecule has 5 heterocycles. The maximum Gasteiger partial charge on any atom is 3.00 e. The number of nitrogens with one attached hydrogen (secondary N) is 1. The molecule has 0 unspecified atom stereocenters. The maximum atomic E-state index is 13.5. The van der Waals surface area contributed by atoms with Crippen LogP contribution in [0.1, 0.15) is 42.0 Å². The number of carbonyl (C=O) groups is 4. The Balaban J connectivity index is 0.0000101. The van der Waals surface area contributed by atoms with Crippen molar-refractivity contribution in [2.75, 3.05) is 124 Å². The van der Waals surface area contributed by atoms with Crippen LogP contribution in [0.5, 0.6) is 0 Å². The summed E-state index contributed by atoms with van der Waals surface area (Å²) in [4.78, 5) is 81.2. The number of carboxylic acids is 2. The van der Waals surface area contributed by atoms with E-state index in [1.807, 2.05) is 87.5 Å². The van der Waals surface area contributed by atoms with E-state index in [0.29, 0.717) is 84.8 Å². The van der Waals surface area contributed by atoms with Crippen LogP contribution in [-0.2, 0) is 44.9 Å². The molecule has 0 atom stereocenters. The number of aromatic nitrogens is 4. The summed E-state index contributed by atoms with van der Waals surface area (Å²) in [6, 6.07) is 23.7. The van der Waals surface area contributed by atoms with Gasteiger partial charge in [0.05, 0.1) is 19.6 Å². The molecule has 0 spiro atoms. The van der Waals surface area contributed by atoms with Crippen LogP contribution in [0.15, 0.2) is 97.6 Å². The second-order valence-corrected chi connectivity index (χ2v) is 17.2. The summed E-state index contributed by atoms with van der Waals surface area (Å²) in [5.74, 6) is -1.84. The van der Waals surface area contributed by atoms with Gasteiger partial charge in [-0.1, -0.05) is 24.3 Å². The zero-order valence-corrected chi connectivity index (χ0v) is 41.7. The minimum absolute atomic E-state index is 0. The normalized spacial score (nSPS) is 14.7. The van der Waals surface area contributed by atoms with Crippen molar-refractivity contribution in [2.45, 2.75) is 44.9 Å². The molecule has 5 rings (SSSR count). The van der Waals surface area contributed by atoms with Crippen LogP contribution in [0.2, 0.25) is 0 Å². The van der Waals surface area contributed by atoms with Gasteiger partial charge in [0, 0.05) is 184 Å². The van der Waals surface area contributed by atoms with E-state index in [1.165, 1.54) is 0 Å². The van der Waals surface area contributed by atoms with E-state index in [1.54, 1.807) is 24.8 Å².